The van der Waals surface area contributed by atoms with Crippen molar-refractivity contribution in [2.24, 2.45) is 0 Å². The molecule has 19 heavy (non-hydrogen) atoms. The molecule has 5 heteroatoms. The van der Waals surface area contributed by atoms with Crippen LogP contribution in [0.1, 0.15) is 33.6 Å². The molecule has 0 amide bonds. The highest BCUT2D eigenvalue weighted by Crippen LogP contribution is 2.14. The number of methoxy groups -OCH3 is 1. The Morgan fingerprint density at radius 2 is 2.00 bits per heavy atom. The van der Waals surface area contributed by atoms with Gasteiger partial charge in [0, 0.05) is 6.54 Å². The van der Waals surface area contributed by atoms with Crippen molar-refractivity contribution in [2.45, 2.75) is 45.3 Å². The second-order valence-electron chi connectivity index (χ2n) is 5.40. The van der Waals surface area contributed by atoms with Crippen LogP contribution in [0.4, 0.5) is 0 Å². The fourth-order valence-corrected chi connectivity index (χ4v) is 1.81. The van der Waals surface area contributed by atoms with Crippen LogP contribution in [0.2, 0.25) is 0 Å². The molecule has 0 aliphatic heterocycles. The van der Waals surface area contributed by atoms with Gasteiger partial charge in [-0.1, -0.05) is 0 Å². The second-order valence-corrected chi connectivity index (χ2v) is 5.40. The highest BCUT2D eigenvalue weighted by molar-refractivity contribution is 5.80. The van der Waals surface area contributed by atoms with Crippen molar-refractivity contribution in [3.05, 3.63) is 0 Å². The van der Waals surface area contributed by atoms with E-state index < -0.39 is 5.54 Å². The van der Waals surface area contributed by atoms with Gasteiger partial charge in [0.25, 0.3) is 0 Å². The highest BCUT2D eigenvalue weighted by Gasteiger charge is 2.31. The van der Waals surface area contributed by atoms with Crippen LogP contribution in [0.25, 0.3) is 0 Å². The van der Waals surface area contributed by atoms with Crippen LogP contribution in [0, 0.1) is 0 Å². The zero-order valence-corrected chi connectivity index (χ0v) is 13.3. The van der Waals surface area contributed by atoms with Crippen LogP contribution >= 0.6 is 0 Å². The average molecular weight is 274 g/mol. The molecule has 0 fully saturated rings. The summed E-state index contributed by atoms with van der Waals surface area (Å²) in [5.74, 6) is -0.208. The van der Waals surface area contributed by atoms with Crippen LogP contribution in [0.5, 0.6) is 0 Å². The van der Waals surface area contributed by atoms with Crippen molar-refractivity contribution in [3.63, 3.8) is 0 Å². The average Bonchev–Trinajstić information content (AvgIpc) is 2.37. The Balaban J connectivity index is 3.90. The zero-order chi connectivity index (χ0) is 14.9. The Morgan fingerprint density at radius 1 is 1.37 bits per heavy atom. The monoisotopic (exact) mass is 274 g/mol. The minimum atomic E-state index is -0.593. The topological polar surface area (TPSA) is 50.8 Å². The lowest BCUT2D eigenvalue weighted by Crippen LogP contribution is -2.48. The normalized spacial score (nSPS) is 14.7. The number of nitrogens with one attached hydrogen (secondary N) is 1. The van der Waals surface area contributed by atoms with Crippen molar-refractivity contribution in [2.75, 3.05) is 40.9 Å². The number of carbonyl (C=O) groups excluding carboxylic acids is 1. The molecule has 0 aromatic carbocycles. The highest BCUT2D eigenvalue weighted by atomic mass is 16.5. The molecule has 0 saturated carbocycles. The summed E-state index contributed by atoms with van der Waals surface area (Å²) >= 11 is 0. The van der Waals surface area contributed by atoms with Crippen LogP contribution in [-0.4, -0.2) is 63.4 Å². The van der Waals surface area contributed by atoms with Crippen molar-refractivity contribution >= 4 is 5.97 Å². The van der Waals surface area contributed by atoms with Crippen LogP contribution in [-0.2, 0) is 14.3 Å². The number of rotatable bonds is 10. The van der Waals surface area contributed by atoms with Gasteiger partial charge in [-0.3, -0.25) is 4.79 Å². The first-order valence-electron chi connectivity index (χ1n) is 6.93. The van der Waals surface area contributed by atoms with Gasteiger partial charge in [-0.05, 0) is 54.3 Å². The standard InChI is InChI=1S/C14H30N2O3/c1-12(2)19-11-10-16(5)9-7-8-14(3,15-4)13(17)18-6/h12,15H,7-11H2,1-6H3. The van der Waals surface area contributed by atoms with Gasteiger partial charge in [-0.25, -0.2) is 0 Å². The van der Waals surface area contributed by atoms with Crippen LogP contribution < -0.4 is 5.32 Å². The van der Waals surface area contributed by atoms with Gasteiger partial charge in [0.1, 0.15) is 5.54 Å². The van der Waals surface area contributed by atoms with E-state index in [4.69, 9.17) is 9.47 Å². The molecule has 0 heterocycles. The second kappa shape index (κ2) is 9.28. The first kappa shape index (κ1) is 18.4. The third-order valence-electron chi connectivity index (χ3n) is 3.33. The lowest BCUT2D eigenvalue weighted by Gasteiger charge is -2.27. The SMILES string of the molecule is CNC(C)(CCCN(C)CCOC(C)C)C(=O)OC. The summed E-state index contributed by atoms with van der Waals surface area (Å²) in [6.07, 6.45) is 1.97. The maximum atomic E-state index is 11.7. The van der Waals surface area contributed by atoms with Crippen LogP contribution in [0.3, 0.4) is 0 Å². The number of hydrogen-bond donors (Lipinski definition) is 1. The fourth-order valence-electron chi connectivity index (χ4n) is 1.81. The van der Waals surface area contributed by atoms with E-state index in [1.807, 2.05) is 20.8 Å². The van der Waals surface area contributed by atoms with Gasteiger partial charge in [0.2, 0.25) is 0 Å². The number of carbonyl (C=O) groups is 1. The van der Waals surface area contributed by atoms with Gasteiger partial charge in [-0.15, -0.1) is 0 Å². The molecule has 0 aliphatic rings. The van der Waals surface area contributed by atoms with Gasteiger partial charge >= 0.3 is 5.97 Å². The third kappa shape index (κ3) is 7.50. The van der Waals surface area contributed by atoms with Gasteiger partial charge in [0.05, 0.1) is 19.8 Å². The first-order valence-corrected chi connectivity index (χ1v) is 6.93. The maximum absolute atomic E-state index is 11.7. The molecule has 0 rings (SSSR count). The van der Waals surface area contributed by atoms with Crippen molar-refractivity contribution < 1.29 is 14.3 Å². The first-order chi connectivity index (χ1) is 8.85. The molecule has 0 spiro atoms. The summed E-state index contributed by atoms with van der Waals surface area (Å²) in [7, 11) is 5.28. The molecule has 0 radical (unpaired) electrons. The van der Waals surface area contributed by atoms with E-state index in [1.54, 1.807) is 7.05 Å². The molecule has 0 saturated heterocycles. The number of nitrogens with zero attached hydrogens (tertiary/aromatic N) is 1. The summed E-state index contributed by atoms with van der Waals surface area (Å²) in [4.78, 5) is 13.9. The quantitative estimate of drug-likeness (QED) is 0.608. The van der Waals surface area contributed by atoms with E-state index in [2.05, 4.69) is 17.3 Å². The van der Waals surface area contributed by atoms with Gasteiger partial charge in [-0.2, -0.15) is 0 Å². The predicted molar refractivity (Wildman–Crippen MR) is 77.3 cm³/mol. The molecule has 0 aromatic rings. The van der Waals surface area contributed by atoms with Crippen molar-refractivity contribution in [3.8, 4) is 0 Å². The van der Waals surface area contributed by atoms with E-state index in [0.717, 1.165) is 32.5 Å². The Hall–Kier alpha value is -0.650. The Kier molecular flexibility index (Phi) is 8.97. The molecule has 1 N–H and O–H groups in total. The van der Waals surface area contributed by atoms with Gasteiger partial charge in [0.15, 0.2) is 0 Å². The summed E-state index contributed by atoms with van der Waals surface area (Å²) in [5.41, 5.74) is -0.593. The molecule has 114 valence electrons. The number of hydrogen-bond acceptors (Lipinski definition) is 5. The summed E-state index contributed by atoms with van der Waals surface area (Å²) in [5, 5.41) is 3.04. The summed E-state index contributed by atoms with van der Waals surface area (Å²) in [6.45, 7) is 8.54. The smallest absolute Gasteiger partial charge is 0.325 e. The third-order valence-corrected chi connectivity index (χ3v) is 3.33. The van der Waals surface area contributed by atoms with Crippen molar-refractivity contribution in [1.29, 1.82) is 0 Å². The van der Waals surface area contributed by atoms with E-state index in [0.29, 0.717) is 0 Å². The van der Waals surface area contributed by atoms with E-state index in [9.17, 15) is 4.79 Å². The van der Waals surface area contributed by atoms with E-state index in [-0.39, 0.29) is 12.1 Å². The Morgan fingerprint density at radius 3 is 2.47 bits per heavy atom. The minimum Gasteiger partial charge on any atom is -0.468 e. The van der Waals surface area contributed by atoms with Gasteiger partial charge < -0.3 is 19.7 Å². The lowest BCUT2D eigenvalue weighted by molar-refractivity contribution is -0.148. The largest absolute Gasteiger partial charge is 0.468 e. The number of ether oxygens (including phenoxy) is 2. The lowest BCUT2D eigenvalue weighted by atomic mass is 9.96. The number of esters is 1. The van der Waals surface area contributed by atoms with E-state index >= 15 is 0 Å². The van der Waals surface area contributed by atoms with Crippen LogP contribution in [0.15, 0.2) is 0 Å². The predicted octanol–water partition coefficient (Wildman–Crippen LogP) is 1.27. The molecular formula is C14H30N2O3. The van der Waals surface area contributed by atoms with E-state index in [1.165, 1.54) is 7.11 Å². The zero-order valence-electron chi connectivity index (χ0n) is 13.3. The number of likely N-dealkylation sites (N-methyl/N-ethyl adjacent to an activating group) is 2. The molecule has 0 bridgehead atoms. The minimum absolute atomic E-state index is 0.208. The molecule has 1 atom stereocenters. The van der Waals surface area contributed by atoms with Crippen molar-refractivity contribution in [1.82, 2.24) is 10.2 Å². The summed E-state index contributed by atoms with van der Waals surface area (Å²) < 4.78 is 10.3. The summed E-state index contributed by atoms with van der Waals surface area (Å²) in [6, 6.07) is 0. The molecular weight excluding hydrogens is 244 g/mol. The Labute approximate surface area is 117 Å². The molecule has 0 aliphatic carbocycles. The molecule has 0 aromatic heterocycles. The fraction of sp³-hybridized carbons (Fsp3) is 0.929. The maximum Gasteiger partial charge on any atom is 0.325 e. The molecule has 1 unspecified atom stereocenters. The molecule has 5 nitrogen and oxygen atoms in total. The Bertz CT molecular complexity index is 259.